The van der Waals surface area contributed by atoms with E-state index >= 15 is 0 Å². The van der Waals surface area contributed by atoms with Gasteiger partial charge in [-0.05, 0) is 38.4 Å². The average Bonchev–Trinajstić information content (AvgIpc) is 2.21. The van der Waals surface area contributed by atoms with E-state index in [1.807, 2.05) is 6.07 Å². The summed E-state index contributed by atoms with van der Waals surface area (Å²) in [5, 5.41) is 11.2. The zero-order valence-electron chi connectivity index (χ0n) is 9.55. The highest BCUT2D eigenvalue weighted by atomic mass is 16.1. The van der Waals surface area contributed by atoms with Crippen LogP contribution < -0.4 is 5.32 Å². The van der Waals surface area contributed by atoms with Gasteiger partial charge >= 0.3 is 0 Å². The lowest BCUT2D eigenvalue weighted by molar-refractivity contribution is -0.120. The van der Waals surface area contributed by atoms with E-state index in [2.05, 4.69) is 24.2 Å². The maximum atomic E-state index is 11.1. The minimum absolute atomic E-state index is 0.0318. The van der Waals surface area contributed by atoms with Gasteiger partial charge in [-0.1, -0.05) is 6.92 Å². The Kier molecular flexibility index (Phi) is 4.10. The van der Waals surface area contributed by atoms with Crippen molar-refractivity contribution < 1.29 is 4.79 Å². The monoisotopic (exact) mass is 209 g/mol. The lowest BCUT2D eigenvalue weighted by atomic mass is 9.80. The number of hydrogen-bond donors (Lipinski definition) is 1. The Bertz CT molecular complexity index is 261. The normalized spacial score (nSPS) is 20.6. The molecule has 0 aromatic heterocycles. The van der Waals surface area contributed by atoms with E-state index < -0.39 is 0 Å². The second kappa shape index (κ2) is 5.13. The lowest BCUT2D eigenvalue weighted by Gasteiger charge is -2.37. The highest BCUT2D eigenvalue weighted by Crippen LogP contribution is 2.29. The largest absolute Gasteiger partial charge is 0.355 e. The predicted molar refractivity (Wildman–Crippen MR) is 58.1 cm³/mol. The van der Waals surface area contributed by atoms with Crippen LogP contribution in [0.15, 0.2) is 0 Å². The van der Waals surface area contributed by atoms with E-state index in [0.29, 0.717) is 6.54 Å². The molecule has 0 aromatic carbocycles. The molecule has 1 aliphatic heterocycles. The van der Waals surface area contributed by atoms with Gasteiger partial charge in [0, 0.05) is 6.54 Å². The number of amides is 1. The number of hydrogen-bond acceptors (Lipinski definition) is 3. The topological polar surface area (TPSA) is 56.1 Å². The van der Waals surface area contributed by atoms with Crippen molar-refractivity contribution in [1.29, 1.82) is 5.26 Å². The molecule has 84 valence electrons. The predicted octanol–water partition coefficient (Wildman–Crippen LogP) is 0.748. The molecule has 15 heavy (non-hydrogen) atoms. The minimum Gasteiger partial charge on any atom is -0.355 e. The fourth-order valence-electron chi connectivity index (χ4n) is 1.78. The Labute approximate surface area is 91.2 Å². The molecule has 0 bridgehead atoms. The van der Waals surface area contributed by atoms with Gasteiger partial charge in [-0.2, -0.15) is 5.26 Å². The minimum atomic E-state index is -0.155. The first kappa shape index (κ1) is 12.0. The SMILES string of the molecule is CN1CCC(C)(CNC(=O)CC#N)CC1. The van der Waals surface area contributed by atoms with Crippen LogP contribution in [0, 0.1) is 16.7 Å². The summed E-state index contributed by atoms with van der Waals surface area (Å²) < 4.78 is 0. The van der Waals surface area contributed by atoms with Crippen molar-refractivity contribution in [3.05, 3.63) is 0 Å². The second-order valence-corrected chi connectivity index (χ2v) is 4.73. The van der Waals surface area contributed by atoms with Crippen LogP contribution in [0.5, 0.6) is 0 Å². The lowest BCUT2D eigenvalue weighted by Crippen LogP contribution is -2.43. The first-order valence-corrected chi connectivity index (χ1v) is 5.38. The molecule has 0 aliphatic carbocycles. The Hall–Kier alpha value is -1.08. The molecule has 4 heteroatoms. The van der Waals surface area contributed by atoms with E-state index in [4.69, 9.17) is 5.26 Å². The molecular formula is C11H19N3O. The van der Waals surface area contributed by atoms with Crippen molar-refractivity contribution in [3.63, 3.8) is 0 Å². The molecular weight excluding hydrogens is 190 g/mol. The van der Waals surface area contributed by atoms with Crippen LogP contribution in [-0.2, 0) is 4.79 Å². The highest BCUT2D eigenvalue weighted by Gasteiger charge is 2.28. The van der Waals surface area contributed by atoms with Gasteiger partial charge in [-0.3, -0.25) is 4.79 Å². The molecule has 1 aliphatic rings. The number of piperidine rings is 1. The van der Waals surface area contributed by atoms with Gasteiger partial charge in [0.2, 0.25) is 5.91 Å². The third-order valence-corrected chi connectivity index (χ3v) is 3.15. The van der Waals surface area contributed by atoms with Gasteiger partial charge in [-0.25, -0.2) is 0 Å². The van der Waals surface area contributed by atoms with Crippen molar-refractivity contribution in [2.24, 2.45) is 5.41 Å². The first-order valence-electron chi connectivity index (χ1n) is 5.38. The van der Waals surface area contributed by atoms with Gasteiger partial charge in [-0.15, -0.1) is 0 Å². The molecule has 0 spiro atoms. The Morgan fingerprint density at radius 1 is 1.53 bits per heavy atom. The number of nitrogens with zero attached hydrogens (tertiary/aromatic N) is 2. The number of nitrogens with one attached hydrogen (secondary N) is 1. The summed E-state index contributed by atoms with van der Waals surface area (Å²) in [5.41, 5.74) is 0.206. The number of rotatable bonds is 3. The van der Waals surface area contributed by atoms with E-state index in [1.54, 1.807) is 0 Å². The van der Waals surface area contributed by atoms with Crippen LogP contribution in [0.3, 0.4) is 0 Å². The maximum absolute atomic E-state index is 11.1. The van der Waals surface area contributed by atoms with Crippen molar-refractivity contribution in [1.82, 2.24) is 10.2 Å². The van der Waals surface area contributed by atoms with E-state index in [9.17, 15) is 4.79 Å². The zero-order valence-corrected chi connectivity index (χ0v) is 9.55. The molecule has 1 fully saturated rings. The maximum Gasteiger partial charge on any atom is 0.234 e. The number of carbonyl (C=O) groups excluding carboxylic acids is 1. The first-order chi connectivity index (χ1) is 7.06. The highest BCUT2D eigenvalue weighted by molar-refractivity contribution is 5.77. The molecule has 0 unspecified atom stereocenters. The number of nitriles is 1. The average molecular weight is 209 g/mol. The Balaban J connectivity index is 2.31. The summed E-state index contributed by atoms with van der Waals surface area (Å²) in [6.07, 6.45) is 2.18. The molecule has 1 amide bonds. The van der Waals surface area contributed by atoms with Crippen LogP contribution in [0.25, 0.3) is 0 Å². The number of likely N-dealkylation sites (tertiary alicyclic amines) is 1. The van der Waals surface area contributed by atoms with Gasteiger partial charge in [0.05, 0.1) is 6.07 Å². The van der Waals surface area contributed by atoms with Gasteiger partial charge in [0.25, 0.3) is 0 Å². The summed E-state index contributed by atoms with van der Waals surface area (Å²) in [7, 11) is 2.12. The zero-order chi connectivity index (χ0) is 11.3. The van der Waals surface area contributed by atoms with Crippen LogP contribution in [0.2, 0.25) is 0 Å². The van der Waals surface area contributed by atoms with Crippen molar-refractivity contribution in [3.8, 4) is 6.07 Å². The molecule has 0 atom stereocenters. The summed E-state index contributed by atoms with van der Waals surface area (Å²) in [6.45, 7) is 5.07. The van der Waals surface area contributed by atoms with Crippen LogP contribution in [-0.4, -0.2) is 37.5 Å². The van der Waals surface area contributed by atoms with Crippen molar-refractivity contribution in [2.45, 2.75) is 26.2 Å². The van der Waals surface area contributed by atoms with E-state index in [-0.39, 0.29) is 17.7 Å². The van der Waals surface area contributed by atoms with Crippen LogP contribution in [0.1, 0.15) is 26.2 Å². The molecule has 1 rings (SSSR count). The molecule has 0 radical (unpaired) electrons. The summed E-state index contributed by atoms with van der Waals surface area (Å²) in [5.74, 6) is -0.155. The van der Waals surface area contributed by atoms with Crippen molar-refractivity contribution >= 4 is 5.91 Å². The molecule has 4 nitrogen and oxygen atoms in total. The van der Waals surface area contributed by atoms with Gasteiger partial charge in [0.15, 0.2) is 0 Å². The Morgan fingerprint density at radius 2 is 2.13 bits per heavy atom. The fourth-order valence-corrected chi connectivity index (χ4v) is 1.78. The third-order valence-electron chi connectivity index (χ3n) is 3.15. The molecule has 1 saturated heterocycles. The standard InChI is InChI=1S/C11H19N3O/c1-11(4-7-14(2)8-5-11)9-13-10(15)3-6-12/h3-5,7-9H2,1-2H3,(H,13,15). The van der Waals surface area contributed by atoms with Gasteiger partial charge < -0.3 is 10.2 Å². The van der Waals surface area contributed by atoms with Crippen molar-refractivity contribution in [2.75, 3.05) is 26.7 Å². The smallest absolute Gasteiger partial charge is 0.234 e. The summed E-state index contributed by atoms with van der Waals surface area (Å²) in [4.78, 5) is 13.5. The fraction of sp³-hybridized carbons (Fsp3) is 0.818. The molecule has 0 aromatic rings. The van der Waals surface area contributed by atoms with E-state index in [1.165, 1.54) is 0 Å². The van der Waals surface area contributed by atoms with Crippen LogP contribution >= 0.6 is 0 Å². The molecule has 1 N–H and O–H groups in total. The second-order valence-electron chi connectivity index (χ2n) is 4.73. The molecule has 1 heterocycles. The number of carbonyl (C=O) groups is 1. The summed E-state index contributed by atoms with van der Waals surface area (Å²) in [6, 6.07) is 1.85. The molecule has 0 saturated carbocycles. The van der Waals surface area contributed by atoms with Crippen LogP contribution in [0.4, 0.5) is 0 Å². The quantitative estimate of drug-likeness (QED) is 0.746. The van der Waals surface area contributed by atoms with Gasteiger partial charge in [0.1, 0.15) is 6.42 Å². The Morgan fingerprint density at radius 3 is 2.67 bits per heavy atom. The third kappa shape index (κ3) is 3.88. The van der Waals surface area contributed by atoms with E-state index in [0.717, 1.165) is 25.9 Å². The summed E-state index contributed by atoms with van der Waals surface area (Å²) >= 11 is 0.